The number of benzene rings is 1. The zero-order chi connectivity index (χ0) is 16.0. The molecule has 0 saturated carbocycles. The highest BCUT2D eigenvalue weighted by atomic mass is 35.5. The van der Waals surface area contributed by atoms with Gasteiger partial charge in [-0.25, -0.2) is 13.1 Å². The summed E-state index contributed by atoms with van der Waals surface area (Å²) in [4.78, 5) is -0.0685. The van der Waals surface area contributed by atoms with Crippen LogP contribution in [0.1, 0.15) is 19.4 Å². The summed E-state index contributed by atoms with van der Waals surface area (Å²) in [5, 5.41) is 0.369. The number of halogens is 2. The van der Waals surface area contributed by atoms with Gasteiger partial charge in [0.25, 0.3) is 0 Å². The van der Waals surface area contributed by atoms with Crippen molar-refractivity contribution in [2.24, 2.45) is 11.7 Å². The Morgan fingerprint density at radius 1 is 1.33 bits per heavy atom. The minimum Gasteiger partial charge on any atom is -0.380 e. The second kappa shape index (κ2) is 8.31. The van der Waals surface area contributed by atoms with Gasteiger partial charge in [-0.05, 0) is 23.6 Å². The molecule has 0 aliphatic rings. The van der Waals surface area contributed by atoms with Crippen LogP contribution in [0.4, 0.5) is 0 Å². The first-order chi connectivity index (χ1) is 9.77. The molecule has 0 spiro atoms. The molecule has 1 rings (SSSR count). The van der Waals surface area contributed by atoms with Gasteiger partial charge in [0.1, 0.15) is 4.90 Å². The van der Waals surface area contributed by atoms with Gasteiger partial charge < -0.3 is 10.5 Å². The lowest BCUT2D eigenvalue weighted by atomic mass is 10.2. The van der Waals surface area contributed by atoms with E-state index in [1.165, 1.54) is 6.07 Å². The van der Waals surface area contributed by atoms with Crippen LogP contribution in [0.25, 0.3) is 0 Å². The zero-order valence-corrected chi connectivity index (χ0v) is 14.4. The van der Waals surface area contributed by atoms with Crippen LogP contribution in [0.15, 0.2) is 17.0 Å². The Labute approximate surface area is 135 Å². The normalized spacial score (nSPS) is 12.1. The molecule has 0 aromatic heterocycles. The maximum Gasteiger partial charge on any atom is 0.242 e. The lowest BCUT2D eigenvalue weighted by molar-refractivity contribution is 0.114. The molecule has 21 heavy (non-hydrogen) atoms. The molecule has 0 heterocycles. The molecule has 0 aliphatic carbocycles. The Hall–Kier alpha value is -0.370. The molecule has 120 valence electrons. The third kappa shape index (κ3) is 5.73. The van der Waals surface area contributed by atoms with Crippen LogP contribution in [-0.4, -0.2) is 28.2 Å². The molecule has 5 nitrogen and oxygen atoms in total. The van der Waals surface area contributed by atoms with E-state index in [0.29, 0.717) is 24.7 Å². The number of hydrogen-bond donors (Lipinski definition) is 2. The van der Waals surface area contributed by atoms with E-state index < -0.39 is 10.0 Å². The molecule has 0 fully saturated rings. The molecule has 0 aliphatic heterocycles. The minimum atomic E-state index is -3.75. The number of sulfonamides is 1. The van der Waals surface area contributed by atoms with Gasteiger partial charge in [-0.1, -0.05) is 37.0 Å². The average molecular weight is 355 g/mol. The van der Waals surface area contributed by atoms with Crippen LogP contribution in [-0.2, 0) is 21.3 Å². The van der Waals surface area contributed by atoms with Crippen LogP contribution in [0.3, 0.4) is 0 Å². The average Bonchev–Trinajstić information content (AvgIpc) is 2.40. The maximum absolute atomic E-state index is 12.2. The molecule has 0 bridgehead atoms. The molecule has 1 aromatic carbocycles. The highest BCUT2D eigenvalue weighted by Gasteiger charge is 2.20. The fraction of sp³-hybridized carbons (Fsp3) is 0.538. The topological polar surface area (TPSA) is 81.4 Å². The summed E-state index contributed by atoms with van der Waals surface area (Å²) in [6.07, 6.45) is 0. The summed E-state index contributed by atoms with van der Waals surface area (Å²) in [5.41, 5.74) is 6.01. The largest absolute Gasteiger partial charge is 0.380 e. The Morgan fingerprint density at radius 3 is 2.57 bits per heavy atom. The Bertz CT molecular complexity index is 577. The quantitative estimate of drug-likeness (QED) is 0.702. The number of ether oxygens (including phenoxy) is 1. The third-order valence-corrected chi connectivity index (χ3v) is 4.84. The van der Waals surface area contributed by atoms with Gasteiger partial charge in [0.05, 0.1) is 11.6 Å². The molecule has 0 atom stereocenters. The van der Waals surface area contributed by atoms with Crippen LogP contribution >= 0.6 is 23.2 Å². The summed E-state index contributed by atoms with van der Waals surface area (Å²) >= 11 is 12.0. The maximum atomic E-state index is 12.2. The lowest BCUT2D eigenvalue weighted by Gasteiger charge is -2.12. The fourth-order valence-electron chi connectivity index (χ4n) is 1.61. The third-order valence-electron chi connectivity index (χ3n) is 2.58. The van der Waals surface area contributed by atoms with E-state index in [2.05, 4.69) is 4.72 Å². The molecule has 0 saturated heterocycles. The standard InChI is InChI=1S/C13H20Cl2N2O3S/c1-9(2)8-20-4-3-17-21(18,19)12-6-11(14)5-10(7-16)13(12)15/h5-6,9,17H,3-4,7-8,16H2,1-2H3. The summed E-state index contributed by atoms with van der Waals surface area (Å²) in [7, 11) is -3.75. The van der Waals surface area contributed by atoms with Gasteiger partial charge in [0.2, 0.25) is 10.0 Å². The molecule has 3 N–H and O–H groups in total. The van der Waals surface area contributed by atoms with E-state index in [-0.39, 0.29) is 28.0 Å². The van der Waals surface area contributed by atoms with Crippen molar-refractivity contribution in [3.63, 3.8) is 0 Å². The summed E-state index contributed by atoms with van der Waals surface area (Å²) in [6.45, 7) is 5.18. The van der Waals surface area contributed by atoms with Gasteiger partial charge in [0, 0.05) is 24.7 Å². The van der Waals surface area contributed by atoms with E-state index in [1.807, 2.05) is 13.8 Å². The Morgan fingerprint density at radius 2 is 2.00 bits per heavy atom. The van der Waals surface area contributed by atoms with Gasteiger partial charge in [0.15, 0.2) is 0 Å². The SMILES string of the molecule is CC(C)COCCNS(=O)(=O)c1cc(Cl)cc(CN)c1Cl. The number of nitrogens with one attached hydrogen (secondary N) is 1. The van der Waals surface area contributed by atoms with E-state index in [1.54, 1.807) is 6.07 Å². The summed E-state index contributed by atoms with van der Waals surface area (Å²) < 4.78 is 32.2. The number of rotatable bonds is 8. The van der Waals surface area contributed by atoms with Crippen molar-refractivity contribution in [2.75, 3.05) is 19.8 Å². The first-order valence-corrected chi connectivity index (χ1v) is 8.77. The van der Waals surface area contributed by atoms with E-state index in [9.17, 15) is 8.42 Å². The van der Waals surface area contributed by atoms with Crippen molar-refractivity contribution in [1.29, 1.82) is 0 Å². The van der Waals surface area contributed by atoms with Crippen molar-refractivity contribution >= 4 is 33.2 Å². The molecule has 0 unspecified atom stereocenters. The van der Waals surface area contributed by atoms with Crippen molar-refractivity contribution in [2.45, 2.75) is 25.3 Å². The highest BCUT2D eigenvalue weighted by molar-refractivity contribution is 7.89. The second-order valence-corrected chi connectivity index (χ2v) is 7.50. The predicted octanol–water partition coefficient (Wildman–Crippen LogP) is 2.40. The van der Waals surface area contributed by atoms with Gasteiger partial charge in [-0.2, -0.15) is 0 Å². The second-order valence-electron chi connectivity index (χ2n) is 4.95. The number of nitrogens with two attached hydrogens (primary N) is 1. The fourth-order valence-corrected chi connectivity index (χ4v) is 3.56. The molecule has 8 heteroatoms. The van der Waals surface area contributed by atoms with E-state index in [4.69, 9.17) is 33.7 Å². The van der Waals surface area contributed by atoms with Gasteiger partial charge in [-0.3, -0.25) is 0 Å². The smallest absolute Gasteiger partial charge is 0.242 e. The first-order valence-electron chi connectivity index (χ1n) is 6.53. The monoisotopic (exact) mass is 354 g/mol. The van der Waals surface area contributed by atoms with Crippen molar-refractivity contribution in [3.05, 3.63) is 27.7 Å². The van der Waals surface area contributed by atoms with Crippen LogP contribution in [0.5, 0.6) is 0 Å². The summed E-state index contributed by atoms with van der Waals surface area (Å²) in [6, 6.07) is 2.86. The van der Waals surface area contributed by atoms with Crippen LogP contribution in [0.2, 0.25) is 10.0 Å². The molecule has 0 radical (unpaired) electrons. The lowest BCUT2D eigenvalue weighted by Crippen LogP contribution is -2.28. The summed E-state index contributed by atoms with van der Waals surface area (Å²) in [5.74, 6) is 0.399. The Kier molecular flexibility index (Phi) is 7.39. The van der Waals surface area contributed by atoms with Gasteiger partial charge >= 0.3 is 0 Å². The van der Waals surface area contributed by atoms with Crippen molar-refractivity contribution in [1.82, 2.24) is 4.72 Å². The van der Waals surface area contributed by atoms with Crippen LogP contribution < -0.4 is 10.5 Å². The molecule has 1 aromatic rings. The van der Waals surface area contributed by atoms with Crippen molar-refractivity contribution < 1.29 is 13.2 Å². The molecular weight excluding hydrogens is 335 g/mol. The van der Waals surface area contributed by atoms with E-state index >= 15 is 0 Å². The molecular formula is C13H20Cl2N2O3S. The van der Waals surface area contributed by atoms with Crippen molar-refractivity contribution in [3.8, 4) is 0 Å². The Balaban J connectivity index is 2.77. The number of hydrogen-bond acceptors (Lipinski definition) is 4. The van der Waals surface area contributed by atoms with E-state index in [0.717, 1.165) is 0 Å². The highest BCUT2D eigenvalue weighted by Crippen LogP contribution is 2.29. The first kappa shape index (κ1) is 18.7. The predicted molar refractivity (Wildman–Crippen MR) is 85.2 cm³/mol. The minimum absolute atomic E-state index is 0.0685. The van der Waals surface area contributed by atoms with Crippen LogP contribution in [0, 0.1) is 5.92 Å². The zero-order valence-electron chi connectivity index (χ0n) is 12.0. The van der Waals surface area contributed by atoms with Gasteiger partial charge in [-0.15, -0.1) is 0 Å². The molecule has 0 amide bonds.